The average molecular weight is 470 g/mol. The summed E-state index contributed by atoms with van der Waals surface area (Å²) < 4.78 is 1.70. The molecule has 6 nitrogen and oxygen atoms in total. The van der Waals surface area contributed by atoms with Crippen LogP contribution in [0.2, 0.25) is 0 Å². The number of aryl methyl sites for hydroxylation is 2. The van der Waals surface area contributed by atoms with E-state index in [4.69, 9.17) is 4.98 Å². The van der Waals surface area contributed by atoms with E-state index in [-0.39, 0.29) is 23.3 Å². The van der Waals surface area contributed by atoms with Crippen molar-refractivity contribution in [3.63, 3.8) is 0 Å². The number of aromatic nitrogens is 2. The van der Waals surface area contributed by atoms with Crippen LogP contribution in [-0.2, 0) is 11.2 Å². The number of thiophene rings is 1. The standard InChI is InChI=1S/C24H27N3O3S2/c1-12(2)27-23(30)20-13(3)14(4)31-22(20)25-24(27)32-15(5)21(29)18-7-8-19-17(11-18)9-10-26(19)16(6)28/h7-8,11-12,15H,9-10H2,1-6H3. The molecule has 0 bridgehead atoms. The van der Waals surface area contributed by atoms with E-state index in [2.05, 4.69) is 0 Å². The summed E-state index contributed by atoms with van der Waals surface area (Å²) in [5, 5.41) is 0.844. The first-order valence-corrected chi connectivity index (χ1v) is 12.4. The fourth-order valence-corrected chi connectivity index (χ4v) is 6.34. The van der Waals surface area contributed by atoms with Crippen LogP contribution in [0.5, 0.6) is 0 Å². The first-order valence-electron chi connectivity index (χ1n) is 10.7. The number of Topliss-reactive ketones (excluding diaryl/α,β-unsaturated/α-hetero) is 1. The number of rotatable bonds is 5. The van der Waals surface area contributed by atoms with Crippen molar-refractivity contribution in [2.45, 2.75) is 64.4 Å². The zero-order valence-corrected chi connectivity index (χ0v) is 20.8. The normalized spacial score (nSPS) is 14.3. The maximum Gasteiger partial charge on any atom is 0.263 e. The number of thioether (sulfide) groups is 1. The van der Waals surface area contributed by atoms with E-state index in [0.29, 0.717) is 22.7 Å². The van der Waals surface area contributed by atoms with Crippen molar-refractivity contribution in [1.82, 2.24) is 9.55 Å². The molecule has 0 radical (unpaired) electrons. The predicted octanol–water partition coefficient (Wildman–Crippen LogP) is 4.93. The maximum absolute atomic E-state index is 13.3. The molecule has 0 spiro atoms. The Morgan fingerprint density at radius 3 is 2.56 bits per heavy atom. The second-order valence-electron chi connectivity index (χ2n) is 8.52. The molecule has 0 saturated carbocycles. The number of carbonyl (C=O) groups excluding carboxylic acids is 2. The molecule has 1 aromatic carbocycles. The van der Waals surface area contributed by atoms with Crippen LogP contribution >= 0.6 is 23.1 Å². The summed E-state index contributed by atoms with van der Waals surface area (Å²) >= 11 is 2.85. The van der Waals surface area contributed by atoms with E-state index in [1.807, 2.05) is 46.8 Å². The van der Waals surface area contributed by atoms with Gasteiger partial charge in [0.2, 0.25) is 5.91 Å². The summed E-state index contributed by atoms with van der Waals surface area (Å²) in [6, 6.07) is 5.48. The van der Waals surface area contributed by atoms with Crippen LogP contribution < -0.4 is 10.5 Å². The van der Waals surface area contributed by atoms with Crippen LogP contribution in [-0.4, -0.2) is 33.0 Å². The van der Waals surface area contributed by atoms with Crippen molar-refractivity contribution in [2.75, 3.05) is 11.4 Å². The summed E-state index contributed by atoms with van der Waals surface area (Å²) in [6.45, 7) is 11.9. The van der Waals surface area contributed by atoms with Gasteiger partial charge < -0.3 is 4.90 Å². The van der Waals surface area contributed by atoms with Gasteiger partial charge in [-0.3, -0.25) is 19.0 Å². The molecule has 168 valence electrons. The van der Waals surface area contributed by atoms with Crippen LogP contribution in [0.3, 0.4) is 0 Å². The van der Waals surface area contributed by atoms with Gasteiger partial charge in [0.05, 0.1) is 10.6 Å². The van der Waals surface area contributed by atoms with Crippen LogP contribution in [0.15, 0.2) is 28.2 Å². The highest BCUT2D eigenvalue weighted by molar-refractivity contribution is 8.00. The topological polar surface area (TPSA) is 72.3 Å². The summed E-state index contributed by atoms with van der Waals surface area (Å²) in [5.41, 5.74) is 3.47. The number of anilines is 1. The lowest BCUT2D eigenvalue weighted by atomic mass is 10.0. The fourth-order valence-electron chi connectivity index (χ4n) is 4.15. The molecule has 3 aromatic rings. The number of nitrogens with zero attached hydrogens (tertiary/aromatic N) is 3. The highest BCUT2D eigenvalue weighted by Crippen LogP contribution is 2.33. The molecular formula is C24H27N3O3S2. The van der Waals surface area contributed by atoms with E-state index in [1.165, 1.54) is 23.1 Å². The molecule has 1 aliphatic rings. The Kier molecular flexibility index (Phi) is 6.02. The van der Waals surface area contributed by atoms with Crippen molar-refractivity contribution in [2.24, 2.45) is 0 Å². The lowest BCUT2D eigenvalue weighted by Crippen LogP contribution is -2.26. The highest BCUT2D eigenvalue weighted by Gasteiger charge is 2.26. The van der Waals surface area contributed by atoms with Crippen molar-refractivity contribution >= 4 is 50.7 Å². The number of hydrogen-bond donors (Lipinski definition) is 0. The monoisotopic (exact) mass is 469 g/mol. The van der Waals surface area contributed by atoms with Gasteiger partial charge in [0.1, 0.15) is 4.83 Å². The molecule has 8 heteroatoms. The van der Waals surface area contributed by atoms with Gasteiger partial charge in [0.15, 0.2) is 10.9 Å². The van der Waals surface area contributed by atoms with Crippen LogP contribution in [0.4, 0.5) is 5.69 Å². The average Bonchev–Trinajstić information content (AvgIpc) is 3.27. The Labute approximate surface area is 195 Å². The molecule has 0 N–H and O–H groups in total. The van der Waals surface area contributed by atoms with Gasteiger partial charge in [-0.2, -0.15) is 0 Å². The Morgan fingerprint density at radius 2 is 1.91 bits per heavy atom. The SMILES string of the molecule is CC(=O)N1CCc2cc(C(=O)C(C)Sc3nc4sc(C)c(C)c4c(=O)n3C(C)C)ccc21. The number of hydrogen-bond acceptors (Lipinski definition) is 6. The molecule has 3 heterocycles. The van der Waals surface area contributed by atoms with Crippen molar-refractivity contribution in [1.29, 1.82) is 0 Å². The van der Waals surface area contributed by atoms with E-state index >= 15 is 0 Å². The Morgan fingerprint density at radius 1 is 1.19 bits per heavy atom. The number of amides is 1. The molecular weight excluding hydrogens is 442 g/mol. The third kappa shape index (κ3) is 3.79. The molecule has 0 saturated heterocycles. The molecule has 0 fully saturated rings. The van der Waals surface area contributed by atoms with Crippen molar-refractivity contribution < 1.29 is 9.59 Å². The third-order valence-corrected chi connectivity index (χ3v) is 8.18. The van der Waals surface area contributed by atoms with Gasteiger partial charge in [-0.25, -0.2) is 4.98 Å². The molecule has 4 rings (SSSR count). The predicted molar refractivity (Wildman–Crippen MR) is 132 cm³/mol. The first-order chi connectivity index (χ1) is 15.1. The summed E-state index contributed by atoms with van der Waals surface area (Å²) in [7, 11) is 0. The van der Waals surface area contributed by atoms with Crippen molar-refractivity contribution in [3.05, 3.63) is 50.1 Å². The van der Waals surface area contributed by atoms with Crippen LogP contribution in [0.25, 0.3) is 10.2 Å². The highest BCUT2D eigenvalue weighted by atomic mass is 32.2. The number of carbonyl (C=O) groups is 2. The van der Waals surface area contributed by atoms with Gasteiger partial charge in [-0.15, -0.1) is 11.3 Å². The Balaban J connectivity index is 1.66. The second kappa shape index (κ2) is 8.48. The largest absolute Gasteiger partial charge is 0.312 e. The van der Waals surface area contributed by atoms with Crippen molar-refractivity contribution in [3.8, 4) is 0 Å². The molecule has 2 aromatic heterocycles. The zero-order valence-electron chi connectivity index (χ0n) is 19.2. The molecule has 32 heavy (non-hydrogen) atoms. The van der Waals surface area contributed by atoms with Gasteiger partial charge in [0, 0.05) is 35.6 Å². The molecule has 1 amide bonds. The van der Waals surface area contributed by atoms with Gasteiger partial charge in [-0.1, -0.05) is 11.8 Å². The van der Waals surface area contributed by atoms with E-state index < -0.39 is 5.25 Å². The summed E-state index contributed by atoms with van der Waals surface area (Å²) in [6.07, 6.45) is 0.750. The van der Waals surface area contributed by atoms with E-state index in [1.54, 1.807) is 22.5 Å². The number of fused-ring (bicyclic) bond motifs is 2. The lowest BCUT2D eigenvalue weighted by molar-refractivity contribution is -0.116. The van der Waals surface area contributed by atoms with Gasteiger partial charge in [-0.05, 0) is 70.4 Å². The summed E-state index contributed by atoms with van der Waals surface area (Å²) in [5.74, 6) is 0.00110. The quantitative estimate of drug-likeness (QED) is 0.301. The minimum absolute atomic E-state index is 0.0118. The zero-order chi connectivity index (χ0) is 23.3. The molecule has 1 unspecified atom stereocenters. The van der Waals surface area contributed by atoms with Crippen LogP contribution in [0.1, 0.15) is 60.1 Å². The Hall–Kier alpha value is -2.45. The van der Waals surface area contributed by atoms with Gasteiger partial charge in [0.25, 0.3) is 5.56 Å². The number of benzene rings is 1. The van der Waals surface area contributed by atoms with E-state index in [9.17, 15) is 14.4 Å². The third-order valence-electron chi connectivity index (χ3n) is 6.01. The molecule has 1 atom stereocenters. The van der Waals surface area contributed by atoms with Gasteiger partial charge >= 0.3 is 0 Å². The fraction of sp³-hybridized carbons (Fsp3) is 0.417. The minimum Gasteiger partial charge on any atom is -0.312 e. The number of ketones is 1. The lowest BCUT2D eigenvalue weighted by Gasteiger charge is -2.18. The maximum atomic E-state index is 13.3. The smallest absolute Gasteiger partial charge is 0.263 e. The Bertz CT molecular complexity index is 1310. The first kappa shape index (κ1) is 22.7. The van der Waals surface area contributed by atoms with E-state index in [0.717, 1.165) is 32.9 Å². The van der Waals surface area contributed by atoms with Crippen LogP contribution in [0, 0.1) is 13.8 Å². The second-order valence-corrected chi connectivity index (χ2v) is 11.0. The minimum atomic E-state index is -0.408. The molecule has 1 aliphatic heterocycles. The molecule has 0 aliphatic carbocycles. The summed E-state index contributed by atoms with van der Waals surface area (Å²) in [4.78, 5) is 46.6.